The third-order valence-electron chi connectivity index (χ3n) is 4.68. The van der Waals surface area contributed by atoms with Crippen LogP contribution in [0.25, 0.3) is 0 Å². The first-order valence-electron chi connectivity index (χ1n) is 9.90. The first-order valence-corrected chi connectivity index (χ1v) is 9.90. The Hall–Kier alpha value is -3.60. The lowest BCUT2D eigenvalue weighted by Gasteiger charge is -2.10. The Labute approximate surface area is 181 Å². The Balaban J connectivity index is 1.34. The maximum Gasteiger partial charge on any atom is 0.416 e. The van der Waals surface area contributed by atoms with E-state index < -0.39 is 17.6 Å². The number of benzene rings is 1. The summed E-state index contributed by atoms with van der Waals surface area (Å²) < 4.78 is 52.3. The number of alkyl halides is 3. The highest BCUT2D eigenvalue weighted by Crippen LogP contribution is 2.31. The van der Waals surface area contributed by atoms with Crippen LogP contribution in [0.2, 0.25) is 0 Å². The van der Waals surface area contributed by atoms with Crippen molar-refractivity contribution in [3.63, 3.8) is 0 Å². The Morgan fingerprint density at radius 1 is 1.09 bits per heavy atom. The van der Waals surface area contributed by atoms with Gasteiger partial charge in [0.1, 0.15) is 6.21 Å². The van der Waals surface area contributed by atoms with Crippen molar-refractivity contribution >= 4 is 29.4 Å². The summed E-state index contributed by atoms with van der Waals surface area (Å²) in [6, 6.07) is 8.23. The van der Waals surface area contributed by atoms with Crippen molar-refractivity contribution in [1.29, 1.82) is 0 Å². The van der Waals surface area contributed by atoms with Gasteiger partial charge < -0.3 is 10.6 Å². The molecular formula is C21H20F4N7+. The number of hydrogen-bond donors (Lipinski definition) is 3. The Morgan fingerprint density at radius 3 is 2.66 bits per heavy atom. The van der Waals surface area contributed by atoms with Gasteiger partial charge in [0.15, 0.2) is 11.6 Å². The molecule has 1 fully saturated rings. The van der Waals surface area contributed by atoms with Crippen molar-refractivity contribution in [2.75, 3.05) is 17.2 Å². The maximum atomic E-state index is 13.8. The Kier molecular flexibility index (Phi) is 6.26. The van der Waals surface area contributed by atoms with E-state index in [1.165, 1.54) is 30.0 Å². The largest absolute Gasteiger partial charge is 0.416 e. The molecule has 4 N–H and O–H groups in total. The van der Waals surface area contributed by atoms with Gasteiger partial charge >= 0.3 is 12.1 Å². The number of halogens is 4. The van der Waals surface area contributed by atoms with Crippen molar-refractivity contribution in [2.24, 2.45) is 11.0 Å². The molecule has 166 valence electrons. The molecule has 0 atom stereocenters. The fourth-order valence-electron chi connectivity index (χ4n) is 2.81. The summed E-state index contributed by atoms with van der Waals surface area (Å²) in [7, 11) is 0. The highest BCUT2D eigenvalue weighted by molar-refractivity contribution is 5.77. The summed E-state index contributed by atoms with van der Waals surface area (Å²) in [5.74, 6) is 0.463. The normalized spacial score (nSPS) is 14.0. The molecule has 11 heteroatoms. The molecule has 0 bridgehead atoms. The van der Waals surface area contributed by atoms with Gasteiger partial charge in [0.25, 0.3) is 0 Å². The van der Waals surface area contributed by atoms with E-state index >= 15 is 0 Å². The third kappa shape index (κ3) is 5.97. The van der Waals surface area contributed by atoms with Crippen LogP contribution in [-0.4, -0.2) is 27.7 Å². The molecule has 0 unspecified atom stereocenters. The zero-order valence-electron chi connectivity index (χ0n) is 16.8. The molecule has 1 aliphatic carbocycles. The topological polar surface area (TPSA) is 91.7 Å². The number of quaternary nitrogens is 1. The molecule has 7 nitrogen and oxygen atoms in total. The molecule has 0 saturated heterocycles. The summed E-state index contributed by atoms with van der Waals surface area (Å²) >= 11 is 0. The first kappa shape index (κ1) is 21.6. The zero-order chi connectivity index (χ0) is 22.6. The Bertz CT molecular complexity index is 1100. The van der Waals surface area contributed by atoms with E-state index in [0.717, 1.165) is 31.2 Å². The fourth-order valence-corrected chi connectivity index (χ4v) is 2.81. The molecular weight excluding hydrogens is 426 g/mol. The van der Waals surface area contributed by atoms with Gasteiger partial charge in [-0.15, -0.1) is 0 Å². The summed E-state index contributed by atoms with van der Waals surface area (Å²) in [6.45, 7) is 0.682. The second kappa shape index (κ2) is 9.27. The zero-order valence-corrected chi connectivity index (χ0v) is 16.8. The minimum atomic E-state index is -4.41. The van der Waals surface area contributed by atoms with Gasteiger partial charge in [-0.05, 0) is 49.1 Å². The predicted molar refractivity (Wildman–Crippen MR) is 111 cm³/mol. The van der Waals surface area contributed by atoms with Crippen LogP contribution in [0.4, 0.5) is 40.7 Å². The van der Waals surface area contributed by atoms with Crippen LogP contribution >= 0.6 is 0 Å². The monoisotopic (exact) mass is 446 g/mol. The van der Waals surface area contributed by atoms with Crippen molar-refractivity contribution < 1.29 is 23.0 Å². The van der Waals surface area contributed by atoms with Crippen LogP contribution in [0.3, 0.4) is 0 Å². The fraction of sp³-hybridized carbons (Fsp3) is 0.238. The van der Waals surface area contributed by atoms with E-state index in [4.69, 9.17) is 0 Å². The van der Waals surface area contributed by atoms with Gasteiger partial charge in [0.05, 0.1) is 29.3 Å². The lowest BCUT2D eigenvalue weighted by Crippen LogP contribution is -2.72. The molecule has 2 aromatic heterocycles. The van der Waals surface area contributed by atoms with Crippen molar-refractivity contribution in [2.45, 2.75) is 19.0 Å². The van der Waals surface area contributed by atoms with Gasteiger partial charge in [-0.2, -0.15) is 28.6 Å². The van der Waals surface area contributed by atoms with Crippen molar-refractivity contribution in [1.82, 2.24) is 15.0 Å². The number of nitrogens with zero attached hydrogens (tertiary/aromatic N) is 4. The van der Waals surface area contributed by atoms with Gasteiger partial charge in [0, 0.05) is 12.2 Å². The number of anilines is 3. The molecule has 2 heterocycles. The molecule has 4 rings (SSSR count). The third-order valence-corrected chi connectivity index (χ3v) is 4.68. The Morgan fingerprint density at radius 2 is 1.94 bits per heavy atom. The number of rotatable bonds is 8. The van der Waals surface area contributed by atoms with Gasteiger partial charge in [-0.3, -0.25) is 4.98 Å². The highest BCUT2D eigenvalue weighted by atomic mass is 19.4. The standard InChI is InChI=1S/C21H19F4N7/c22-18-12-28-20(31-19(18)27-9-13-4-5-13)32-29-11-16-6-7-17(10-26-16)30-15-3-1-2-14(8-15)21(23,24)25/h1-3,6-8,10-13,30H,4-5,9H2,(H2,27,28,31,32)/p+1/b29-11+. The van der Waals surface area contributed by atoms with Gasteiger partial charge in [0.2, 0.25) is 0 Å². The van der Waals surface area contributed by atoms with E-state index in [2.05, 4.69) is 30.7 Å². The number of nitrogens with one attached hydrogen (secondary N) is 2. The van der Waals surface area contributed by atoms with Gasteiger partial charge in [-0.25, -0.2) is 4.39 Å². The maximum absolute atomic E-state index is 13.8. The van der Waals surface area contributed by atoms with E-state index in [0.29, 0.717) is 29.5 Å². The summed E-state index contributed by atoms with van der Waals surface area (Å²) in [4.78, 5) is 12.2. The molecule has 0 radical (unpaired) electrons. The van der Waals surface area contributed by atoms with Crippen LogP contribution in [0, 0.1) is 11.7 Å². The highest BCUT2D eigenvalue weighted by Gasteiger charge is 2.30. The second-order valence-electron chi connectivity index (χ2n) is 7.33. The average molecular weight is 446 g/mol. The SMILES string of the molecule is Fc1cnc([NH2+]/N=C/c2ccc(Nc3cccc(C(F)(F)F)c3)cn2)nc1NCC1CC1. The van der Waals surface area contributed by atoms with Crippen LogP contribution in [-0.2, 0) is 6.18 Å². The molecule has 1 aliphatic rings. The van der Waals surface area contributed by atoms with Crippen LogP contribution < -0.4 is 16.1 Å². The van der Waals surface area contributed by atoms with Crippen LogP contribution in [0.1, 0.15) is 24.1 Å². The summed E-state index contributed by atoms with van der Waals surface area (Å²) in [5, 5.41) is 9.97. The molecule has 1 saturated carbocycles. The van der Waals surface area contributed by atoms with Crippen LogP contribution in [0.5, 0.6) is 0 Å². The quantitative estimate of drug-likeness (QED) is 0.212. The van der Waals surface area contributed by atoms with E-state index in [9.17, 15) is 17.6 Å². The molecule has 0 amide bonds. The second-order valence-corrected chi connectivity index (χ2v) is 7.33. The van der Waals surface area contributed by atoms with Crippen LogP contribution in [0.15, 0.2) is 53.9 Å². The van der Waals surface area contributed by atoms with Crippen molar-refractivity contribution in [3.05, 3.63) is 65.9 Å². The lowest BCUT2D eigenvalue weighted by molar-refractivity contribution is -0.584. The lowest BCUT2D eigenvalue weighted by atomic mass is 10.2. The van der Waals surface area contributed by atoms with E-state index in [-0.39, 0.29) is 11.8 Å². The summed E-state index contributed by atoms with van der Waals surface area (Å²) in [6.07, 6.45) is 1.92. The predicted octanol–water partition coefficient (Wildman–Crippen LogP) is 3.82. The minimum Gasteiger partial charge on any atom is -0.367 e. The van der Waals surface area contributed by atoms with E-state index in [1.807, 2.05) is 0 Å². The first-order chi connectivity index (χ1) is 15.4. The number of pyridine rings is 1. The summed E-state index contributed by atoms with van der Waals surface area (Å²) in [5.41, 5.74) is 2.00. The van der Waals surface area contributed by atoms with Crippen molar-refractivity contribution in [3.8, 4) is 0 Å². The molecule has 1 aromatic carbocycles. The smallest absolute Gasteiger partial charge is 0.367 e. The molecule has 0 spiro atoms. The number of hydrogen-bond acceptors (Lipinski definition) is 6. The average Bonchev–Trinajstić information content (AvgIpc) is 3.59. The van der Waals surface area contributed by atoms with E-state index in [1.54, 1.807) is 12.1 Å². The minimum absolute atomic E-state index is 0.150. The van der Waals surface area contributed by atoms with Gasteiger partial charge in [-0.1, -0.05) is 11.2 Å². The number of aromatic nitrogens is 3. The molecule has 0 aliphatic heterocycles. The molecule has 32 heavy (non-hydrogen) atoms. The number of nitrogens with two attached hydrogens (primary N) is 1. The molecule has 3 aromatic rings.